The molecule has 0 aliphatic rings. The van der Waals surface area contributed by atoms with Crippen LogP contribution in [-0.4, -0.2) is 53.5 Å². The van der Waals surface area contributed by atoms with Crippen molar-refractivity contribution in [2.75, 3.05) is 27.9 Å². The molecule has 0 radical (unpaired) electrons. The summed E-state index contributed by atoms with van der Waals surface area (Å²) in [7, 11) is 4.85. The van der Waals surface area contributed by atoms with Crippen molar-refractivity contribution >= 4 is 29.0 Å². The van der Waals surface area contributed by atoms with Crippen LogP contribution < -0.4 is 19.5 Å². The van der Waals surface area contributed by atoms with Crippen molar-refractivity contribution < 1.29 is 19.0 Å². The van der Waals surface area contributed by atoms with Gasteiger partial charge in [0.1, 0.15) is 16.5 Å². The van der Waals surface area contributed by atoms with Gasteiger partial charge in [-0.25, -0.2) is 4.98 Å². The van der Waals surface area contributed by atoms with Gasteiger partial charge in [-0.1, -0.05) is 48.2 Å². The summed E-state index contributed by atoms with van der Waals surface area (Å²) in [4.78, 5) is 17.3. The van der Waals surface area contributed by atoms with Crippen molar-refractivity contribution in [1.29, 1.82) is 0 Å². The number of methoxy groups -OCH3 is 3. The predicted octanol–water partition coefficient (Wildman–Crippen LogP) is 5.68. The van der Waals surface area contributed by atoms with Gasteiger partial charge in [0.15, 0.2) is 22.5 Å². The zero-order valence-corrected chi connectivity index (χ0v) is 24.5. The van der Waals surface area contributed by atoms with E-state index in [4.69, 9.17) is 14.2 Å². The summed E-state index contributed by atoms with van der Waals surface area (Å²) in [6.07, 6.45) is 0.656. The molecule has 0 bridgehead atoms. The molecule has 41 heavy (non-hydrogen) atoms. The highest BCUT2D eigenvalue weighted by atomic mass is 32.2. The van der Waals surface area contributed by atoms with Gasteiger partial charge in [0.2, 0.25) is 0 Å². The number of thioether (sulfide) groups is 1. The molecule has 5 aromatic rings. The predicted molar refractivity (Wildman–Crippen MR) is 161 cm³/mol. The minimum absolute atomic E-state index is 0.203. The van der Waals surface area contributed by atoms with Crippen LogP contribution in [-0.2, 0) is 12.2 Å². The largest absolute Gasteiger partial charge is 0.497 e. The molecular weight excluding hydrogens is 558 g/mol. The monoisotopic (exact) mass is 587 g/mol. The molecule has 0 aliphatic carbocycles. The van der Waals surface area contributed by atoms with Crippen LogP contribution in [0.1, 0.15) is 21.1 Å². The molecule has 210 valence electrons. The number of ether oxygens (including phenoxy) is 3. The second-order valence-corrected chi connectivity index (χ2v) is 10.7. The van der Waals surface area contributed by atoms with Crippen LogP contribution in [0, 0.1) is 0 Å². The number of hydrogen-bond donors (Lipinski definition) is 1. The van der Waals surface area contributed by atoms with Crippen LogP contribution in [0.4, 0.5) is 0 Å². The highest BCUT2D eigenvalue weighted by Gasteiger charge is 2.18. The van der Waals surface area contributed by atoms with Crippen LogP contribution in [0.2, 0.25) is 0 Å². The first-order valence-electron chi connectivity index (χ1n) is 12.8. The molecule has 1 N–H and O–H groups in total. The Morgan fingerprint density at radius 2 is 1.76 bits per heavy atom. The Morgan fingerprint density at radius 1 is 0.927 bits per heavy atom. The first-order chi connectivity index (χ1) is 20.1. The molecule has 0 saturated carbocycles. The molecule has 9 nitrogen and oxygen atoms in total. The van der Waals surface area contributed by atoms with Crippen molar-refractivity contribution in [2.24, 2.45) is 0 Å². The Hall–Kier alpha value is -4.35. The van der Waals surface area contributed by atoms with Gasteiger partial charge in [0.05, 0.1) is 27.1 Å². The normalized spacial score (nSPS) is 10.8. The molecule has 0 unspecified atom stereocenters. The SMILES string of the molecule is COc1cccc(-c2nnc(SCc3nc(C(=O)NCCc4ccc(OC)c(OC)c4)cs3)n2-c2ccccc2)c1. The third-order valence-corrected chi connectivity index (χ3v) is 8.20. The molecule has 0 atom stereocenters. The molecule has 0 aliphatic heterocycles. The summed E-state index contributed by atoms with van der Waals surface area (Å²) in [6, 6.07) is 23.5. The summed E-state index contributed by atoms with van der Waals surface area (Å²) in [5.41, 5.74) is 3.29. The fraction of sp³-hybridized carbons (Fsp3) is 0.200. The van der Waals surface area contributed by atoms with Crippen LogP contribution in [0.15, 0.2) is 83.3 Å². The molecule has 0 saturated heterocycles. The van der Waals surface area contributed by atoms with E-state index >= 15 is 0 Å². The summed E-state index contributed by atoms with van der Waals surface area (Å²) in [5.74, 6) is 3.14. The Labute approximate surface area is 246 Å². The standard InChI is InChI=1S/C30H29N5O4S2/c1-37-23-11-7-8-21(17-23)28-33-34-30(35(28)22-9-5-4-6-10-22)41-19-27-32-24(18-40-27)29(36)31-15-14-20-12-13-25(38-2)26(16-20)39-3/h4-13,16-18H,14-15,19H2,1-3H3,(H,31,36). The zero-order chi connectivity index (χ0) is 28.6. The number of rotatable bonds is 12. The Balaban J connectivity index is 1.24. The first-order valence-corrected chi connectivity index (χ1v) is 14.7. The number of nitrogens with one attached hydrogen (secondary N) is 1. The average Bonchev–Trinajstić information content (AvgIpc) is 3.68. The van der Waals surface area contributed by atoms with E-state index < -0.39 is 0 Å². The number of hydrogen-bond acceptors (Lipinski definition) is 9. The molecule has 2 heterocycles. The van der Waals surface area contributed by atoms with Gasteiger partial charge in [-0.05, 0) is 48.4 Å². The maximum Gasteiger partial charge on any atom is 0.270 e. The summed E-state index contributed by atoms with van der Waals surface area (Å²) in [5, 5.41) is 15.3. The average molecular weight is 588 g/mol. The lowest BCUT2D eigenvalue weighted by molar-refractivity contribution is 0.0949. The quantitative estimate of drug-likeness (QED) is 0.186. The summed E-state index contributed by atoms with van der Waals surface area (Å²) >= 11 is 2.97. The van der Waals surface area contributed by atoms with Crippen molar-refractivity contribution in [2.45, 2.75) is 17.3 Å². The van der Waals surface area contributed by atoms with Crippen molar-refractivity contribution in [3.8, 4) is 34.3 Å². The third-order valence-electron chi connectivity index (χ3n) is 6.23. The molecule has 11 heteroatoms. The summed E-state index contributed by atoms with van der Waals surface area (Å²) < 4.78 is 18.1. The number of benzene rings is 3. The van der Waals surface area contributed by atoms with Crippen LogP contribution >= 0.6 is 23.1 Å². The van der Waals surface area contributed by atoms with Crippen molar-refractivity contribution in [3.05, 3.63) is 94.4 Å². The van der Waals surface area contributed by atoms with Gasteiger partial charge in [-0.15, -0.1) is 21.5 Å². The number of thiazole rings is 1. The molecule has 3 aromatic carbocycles. The van der Waals surface area contributed by atoms with E-state index in [9.17, 15) is 4.79 Å². The highest BCUT2D eigenvalue weighted by Crippen LogP contribution is 2.32. The summed E-state index contributed by atoms with van der Waals surface area (Å²) in [6.45, 7) is 0.475. The number of aromatic nitrogens is 4. The van der Waals surface area contributed by atoms with Crippen molar-refractivity contribution in [1.82, 2.24) is 25.1 Å². The topological polar surface area (TPSA) is 100 Å². The lowest BCUT2D eigenvalue weighted by Crippen LogP contribution is -2.26. The Kier molecular flexibility index (Phi) is 9.17. The Bertz CT molecular complexity index is 1620. The van der Waals surface area contributed by atoms with Gasteiger partial charge < -0.3 is 19.5 Å². The van der Waals surface area contributed by atoms with Gasteiger partial charge in [0.25, 0.3) is 5.91 Å². The Morgan fingerprint density at radius 3 is 2.54 bits per heavy atom. The fourth-order valence-electron chi connectivity index (χ4n) is 4.18. The number of amides is 1. The van der Waals surface area contributed by atoms with Gasteiger partial charge in [-0.3, -0.25) is 9.36 Å². The second kappa shape index (κ2) is 13.3. The van der Waals surface area contributed by atoms with E-state index in [1.807, 2.05) is 77.4 Å². The first kappa shape index (κ1) is 28.2. The smallest absolute Gasteiger partial charge is 0.270 e. The van der Waals surface area contributed by atoms with Gasteiger partial charge in [-0.2, -0.15) is 0 Å². The molecule has 5 rings (SSSR count). The maximum atomic E-state index is 12.7. The van der Waals surface area contributed by atoms with E-state index in [1.54, 1.807) is 26.7 Å². The minimum Gasteiger partial charge on any atom is -0.497 e. The highest BCUT2D eigenvalue weighted by molar-refractivity contribution is 7.98. The molecule has 0 fully saturated rings. The van der Waals surface area contributed by atoms with Crippen LogP contribution in [0.5, 0.6) is 17.2 Å². The van der Waals surface area contributed by atoms with Gasteiger partial charge in [0, 0.05) is 23.2 Å². The lowest BCUT2D eigenvalue weighted by atomic mass is 10.1. The zero-order valence-electron chi connectivity index (χ0n) is 22.9. The number of carbonyl (C=O) groups excluding carboxylic acids is 1. The lowest BCUT2D eigenvalue weighted by Gasteiger charge is -2.10. The van der Waals surface area contributed by atoms with Crippen molar-refractivity contribution in [3.63, 3.8) is 0 Å². The van der Waals surface area contributed by atoms with Crippen LogP contribution in [0.25, 0.3) is 17.1 Å². The van der Waals surface area contributed by atoms with E-state index in [0.717, 1.165) is 32.7 Å². The molecule has 0 spiro atoms. The number of nitrogens with zero attached hydrogens (tertiary/aromatic N) is 4. The molecule has 1 amide bonds. The van der Waals surface area contributed by atoms with E-state index in [2.05, 4.69) is 20.5 Å². The van der Waals surface area contributed by atoms with E-state index in [-0.39, 0.29) is 5.91 Å². The maximum absolute atomic E-state index is 12.7. The third kappa shape index (κ3) is 6.69. The molecular formula is C30H29N5O4S2. The van der Waals surface area contributed by atoms with Crippen LogP contribution in [0.3, 0.4) is 0 Å². The van der Waals surface area contributed by atoms with Gasteiger partial charge >= 0.3 is 0 Å². The number of para-hydroxylation sites is 1. The molecule has 2 aromatic heterocycles. The van der Waals surface area contributed by atoms with E-state index in [0.29, 0.717) is 41.7 Å². The number of carbonyl (C=O) groups is 1. The van der Waals surface area contributed by atoms with E-state index in [1.165, 1.54) is 23.1 Å². The fourth-order valence-corrected chi connectivity index (χ4v) is 5.92. The second-order valence-electron chi connectivity index (χ2n) is 8.82. The minimum atomic E-state index is -0.203.